The number of piperidine rings is 1. The summed E-state index contributed by atoms with van der Waals surface area (Å²) in [5.41, 5.74) is 13.2. The number of nitrogens with zero attached hydrogens (tertiary/aromatic N) is 1. The van der Waals surface area contributed by atoms with Gasteiger partial charge in [-0.2, -0.15) is 0 Å². The molecule has 1 fully saturated rings. The van der Waals surface area contributed by atoms with E-state index in [1.165, 1.54) is 57.3 Å². The lowest BCUT2D eigenvalue weighted by Crippen LogP contribution is -2.47. The van der Waals surface area contributed by atoms with Crippen molar-refractivity contribution in [3.63, 3.8) is 0 Å². The first kappa shape index (κ1) is 22.1. The molecule has 1 heterocycles. The molecular formula is C24H40N2Si. The number of hydrogen-bond donors (Lipinski definition) is 1. The number of nitrogen functional groups attached to an aromatic ring is 1. The molecule has 1 aliphatic rings. The maximum atomic E-state index is 6.39. The van der Waals surface area contributed by atoms with Gasteiger partial charge in [0.25, 0.3) is 0 Å². The van der Waals surface area contributed by atoms with E-state index < -0.39 is 8.07 Å². The van der Waals surface area contributed by atoms with E-state index in [9.17, 15) is 0 Å². The van der Waals surface area contributed by atoms with Crippen LogP contribution in [0.25, 0.3) is 0 Å². The highest BCUT2D eigenvalue weighted by atomic mass is 28.3. The van der Waals surface area contributed by atoms with Gasteiger partial charge >= 0.3 is 0 Å². The molecule has 1 aliphatic heterocycles. The molecular weight excluding hydrogens is 344 g/mol. The Morgan fingerprint density at radius 1 is 1.22 bits per heavy atom. The van der Waals surface area contributed by atoms with Gasteiger partial charge in [0, 0.05) is 17.8 Å². The van der Waals surface area contributed by atoms with Crippen LogP contribution in [0.5, 0.6) is 0 Å². The van der Waals surface area contributed by atoms with E-state index in [1.807, 2.05) is 0 Å². The van der Waals surface area contributed by atoms with Gasteiger partial charge in [-0.3, -0.25) is 0 Å². The first-order chi connectivity index (χ1) is 12.7. The highest BCUT2D eigenvalue weighted by molar-refractivity contribution is 6.83. The van der Waals surface area contributed by atoms with E-state index in [4.69, 9.17) is 5.73 Å². The monoisotopic (exact) mass is 384 g/mol. The quantitative estimate of drug-likeness (QED) is 0.296. The van der Waals surface area contributed by atoms with E-state index in [2.05, 4.69) is 75.0 Å². The van der Waals surface area contributed by atoms with Crippen LogP contribution in [0.3, 0.4) is 0 Å². The van der Waals surface area contributed by atoms with E-state index in [1.54, 1.807) is 0 Å². The number of rotatable bonds is 6. The maximum Gasteiger partial charge on any atom is 0.129 e. The number of nitrogens with two attached hydrogens (primary N) is 1. The van der Waals surface area contributed by atoms with Crippen molar-refractivity contribution in [1.82, 2.24) is 4.90 Å². The summed E-state index contributed by atoms with van der Waals surface area (Å²) in [4.78, 5) is 2.67. The zero-order valence-electron chi connectivity index (χ0n) is 18.5. The third-order valence-corrected chi connectivity index (χ3v) is 7.05. The fourth-order valence-corrected chi connectivity index (χ4v) is 4.51. The van der Waals surface area contributed by atoms with Crippen molar-refractivity contribution < 1.29 is 0 Å². The number of likely N-dealkylation sites (tertiary alicyclic amines) is 1. The largest absolute Gasteiger partial charge is 0.398 e. The molecule has 1 aromatic carbocycles. The van der Waals surface area contributed by atoms with Crippen molar-refractivity contribution >= 4 is 13.8 Å². The fourth-order valence-electron chi connectivity index (χ4n) is 4.00. The second kappa shape index (κ2) is 9.30. The molecule has 0 bridgehead atoms. The zero-order valence-corrected chi connectivity index (χ0v) is 19.5. The molecule has 27 heavy (non-hydrogen) atoms. The van der Waals surface area contributed by atoms with Crippen LogP contribution in [-0.4, -0.2) is 32.6 Å². The summed E-state index contributed by atoms with van der Waals surface area (Å²) < 4.78 is 0. The van der Waals surface area contributed by atoms with E-state index >= 15 is 0 Å². The van der Waals surface area contributed by atoms with E-state index in [0.717, 1.165) is 11.3 Å². The van der Waals surface area contributed by atoms with Gasteiger partial charge in [-0.15, -0.1) is 5.54 Å². The van der Waals surface area contributed by atoms with Crippen LogP contribution < -0.4 is 5.73 Å². The maximum absolute atomic E-state index is 6.39. The first-order valence-electron chi connectivity index (χ1n) is 10.8. The number of benzene rings is 1. The molecule has 3 heteroatoms. The molecule has 0 amide bonds. The standard InChI is InChI=1S/C24H40N2Si/c1-7-8-9-10-15-26-16-14-24(3,20(2)19-26)22-12-11-21(23(25)18-22)13-17-27(4,5)6/h11-12,18,20H,7-10,14-16,19,25H2,1-6H3/t20-,24-/m0/s1. The van der Waals surface area contributed by atoms with Crippen molar-refractivity contribution in [2.75, 3.05) is 25.4 Å². The Morgan fingerprint density at radius 3 is 2.56 bits per heavy atom. The summed E-state index contributed by atoms with van der Waals surface area (Å²) in [6.45, 7) is 17.6. The molecule has 1 aromatic rings. The van der Waals surface area contributed by atoms with Crippen molar-refractivity contribution in [2.45, 2.75) is 77.9 Å². The predicted octanol–water partition coefficient (Wildman–Crippen LogP) is 5.68. The van der Waals surface area contributed by atoms with Crippen molar-refractivity contribution in [3.05, 3.63) is 29.3 Å². The Morgan fingerprint density at radius 2 is 1.96 bits per heavy atom. The minimum absolute atomic E-state index is 0.207. The average molecular weight is 385 g/mol. The highest BCUT2D eigenvalue weighted by Gasteiger charge is 2.37. The molecule has 150 valence electrons. The van der Waals surface area contributed by atoms with Crippen LogP contribution in [0.2, 0.25) is 19.6 Å². The Bertz CT molecular complexity index is 680. The molecule has 2 N–H and O–H groups in total. The van der Waals surface area contributed by atoms with Gasteiger partial charge in [-0.1, -0.05) is 71.7 Å². The van der Waals surface area contributed by atoms with Crippen LogP contribution in [-0.2, 0) is 5.41 Å². The van der Waals surface area contributed by atoms with Gasteiger partial charge in [0.2, 0.25) is 0 Å². The summed E-state index contributed by atoms with van der Waals surface area (Å²) in [7, 11) is -1.38. The highest BCUT2D eigenvalue weighted by Crippen LogP contribution is 2.40. The second-order valence-electron chi connectivity index (χ2n) is 9.73. The number of unbranched alkanes of at least 4 members (excludes halogenated alkanes) is 3. The molecule has 2 rings (SSSR count). The molecule has 0 unspecified atom stereocenters. The van der Waals surface area contributed by atoms with Gasteiger partial charge < -0.3 is 10.6 Å². The average Bonchev–Trinajstić information content (AvgIpc) is 2.60. The lowest BCUT2D eigenvalue weighted by atomic mass is 9.68. The van der Waals surface area contributed by atoms with Gasteiger partial charge in [0.1, 0.15) is 8.07 Å². The Hall–Kier alpha value is -1.24. The summed E-state index contributed by atoms with van der Waals surface area (Å²) in [5, 5.41) is 0. The lowest BCUT2D eigenvalue weighted by molar-refractivity contribution is 0.109. The topological polar surface area (TPSA) is 29.3 Å². The molecule has 0 radical (unpaired) electrons. The molecule has 2 atom stereocenters. The van der Waals surface area contributed by atoms with Crippen molar-refractivity contribution in [2.24, 2.45) is 5.92 Å². The SMILES string of the molecule is CCCCCCN1CC[C@](C)(c2ccc(C#C[Si](C)(C)C)c(N)c2)[C@@H](C)C1. The summed E-state index contributed by atoms with van der Waals surface area (Å²) in [6.07, 6.45) is 6.60. The van der Waals surface area contributed by atoms with Crippen molar-refractivity contribution in [1.29, 1.82) is 0 Å². The fraction of sp³-hybridized carbons (Fsp3) is 0.667. The number of anilines is 1. The smallest absolute Gasteiger partial charge is 0.129 e. The third kappa shape index (κ3) is 6.12. The molecule has 0 saturated carbocycles. The summed E-state index contributed by atoms with van der Waals surface area (Å²) in [6, 6.07) is 6.62. The Balaban J connectivity index is 2.06. The van der Waals surface area contributed by atoms with Crippen LogP contribution in [0.15, 0.2) is 18.2 Å². The number of hydrogen-bond acceptors (Lipinski definition) is 2. The van der Waals surface area contributed by atoms with E-state index in [-0.39, 0.29) is 5.41 Å². The summed E-state index contributed by atoms with van der Waals surface area (Å²) in [5.74, 6) is 3.96. The minimum Gasteiger partial charge on any atom is -0.398 e. The zero-order chi connectivity index (χ0) is 20.1. The molecule has 0 spiro atoms. The Kier molecular flexibility index (Phi) is 7.60. The van der Waals surface area contributed by atoms with Gasteiger partial charge in [0.05, 0.1) is 0 Å². The summed E-state index contributed by atoms with van der Waals surface area (Å²) >= 11 is 0. The van der Waals surface area contributed by atoms with E-state index in [0.29, 0.717) is 5.92 Å². The van der Waals surface area contributed by atoms with Crippen LogP contribution >= 0.6 is 0 Å². The Labute approximate surface area is 168 Å². The normalized spacial score (nSPS) is 23.7. The van der Waals surface area contributed by atoms with Gasteiger partial charge in [-0.25, -0.2) is 0 Å². The molecule has 2 nitrogen and oxygen atoms in total. The third-order valence-electron chi connectivity index (χ3n) is 6.18. The van der Waals surface area contributed by atoms with Crippen LogP contribution in [0.1, 0.15) is 64.0 Å². The van der Waals surface area contributed by atoms with Gasteiger partial charge in [0.15, 0.2) is 0 Å². The van der Waals surface area contributed by atoms with Crippen molar-refractivity contribution in [3.8, 4) is 11.5 Å². The van der Waals surface area contributed by atoms with Crippen LogP contribution in [0.4, 0.5) is 5.69 Å². The second-order valence-corrected chi connectivity index (χ2v) is 14.5. The van der Waals surface area contributed by atoms with Crippen LogP contribution in [0, 0.1) is 17.4 Å². The molecule has 0 aliphatic carbocycles. The predicted molar refractivity (Wildman–Crippen MR) is 123 cm³/mol. The lowest BCUT2D eigenvalue weighted by Gasteiger charge is -2.45. The first-order valence-corrected chi connectivity index (χ1v) is 14.3. The molecule has 1 saturated heterocycles. The minimum atomic E-state index is -1.38. The molecule has 0 aromatic heterocycles. The van der Waals surface area contributed by atoms with Gasteiger partial charge in [-0.05, 0) is 55.0 Å².